The largest absolute Gasteiger partial charge is 0.481 e. The summed E-state index contributed by atoms with van der Waals surface area (Å²) in [6.07, 6.45) is 2.36. The Balaban J connectivity index is 1.75. The van der Waals surface area contributed by atoms with Crippen molar-refractivity contribution in [1.82, 2.24) is 24.7 Å². The number of aryl methyl sites for hydroxylation is 2. The second kappa shape index (κ2) is 8.84. The van der Waals surface area contributed by atoms with Gasteiger partial charge in [-0.15, -0.1) is 0 Å². The zero-order valence-electron chi connectivity index (χ0n) is 18.0. The van der Waals surface area contributed by atoms with Crippen LogP contribution >= 0.6 is 0 Å². The highest BCUT2D eigenvalue weighted by molar-refractivity contribution is 5.90. The van der Waals surface area contributed by atoms with Gasteiger partial charge in [-0.2, -0.15) is 10.1 Å². The van der Waals surface area contributed by atoms with Crippen LogP contribution in [0, 0.1) is 19.8 Å². The van der Waals surface area contributed by atoms with Crippen LogP contribution in [-0.4, -0.2) is 62.1 Å². The minimum atomic E-state index is -0.786. The number of hydrogen-bond donors (Lipinski definition) is 2. The topological polar surface area (TPSA) is 118 Å². The molecule has 0 saturated carbocycles. The number of nitrogens with zero attached hydrogens (tertiary/aromatic N) is 6. The lowest BCUT2D eigenvalue weighted by molar-refractivity contribution is -0.140. The average Bonchev–Trinajstić information content (AvgIpc) is 3.36. The molecule has 164 valence electrons. The lowest BCUT2D eigenvalue weighted by atomic mass is 10.1. The van der Waals surface area contributed by atoms with Crippen molar-refractivity contribution in [2.75, 3.05) is 36.5 Å². The van der Waals surface area contributed by atoms with Crippen LogP contribution in [0.5, 0.6) is 0 Å². The number of ether oxygens (including phenoxy) is 1. The third-order valence-corrected chi connectivity index (χ3v) is 5.37. The molecule has 0 aromatic carbocycles. The lowest BCUT2D eigenvalue weighted by Crippen LogP contribution is -2.24. The van der Waals surface area contributed by atoms with Crippen molar-refractivity contribution < 1.29 is 14.6 Å². The standard InChI is InChI=1S/C21H27N7O3/c1-4-31-10-9-28-18-17(14(3)26-28)24-21(27-8-7-15(12-27)20(29)30)25-19(18)23-16-6-5-13(2)11-22-16/h5-6,11,15H,4,7-10,12H2,1-3H3,(H,29,30)(H,22,23,24,25)/t15-/m1/s1. The Bertz CT molecular complexity index is 1080. The summed E-state index contributed by atoms with van der Waals surface area (Å²) in [5.74, 6) is 0.553. The first-order valence-electron chi connectivity index (χ1n) is 10.5. The van der Waals surface area contributed by atoms with Crippen molar-refractivity contribution >= 4 is 34.6 Å². The van der Waals surface area contributed by atoms with Crippen molar-refractivity contribution in [1.29, 1.82) is 0 Å². The van der Waals surface area contributed by atoms with E-state index in [0.717, 1.165) is 22.3 Å². The molecule has 3 aromatic heterocycles. The van der Waals surface area contributed by atoms with E-state index < -0.39 is 11.9 Å². The molecule has 0 amide bonds. The minimum absolute atomic E-state index is 0.389. The summed E-state index contributed by atoms with van der Waals surface area (Å²) < 4.78 is 7.36. The first-order chi connectivity index (χ1) is 15.0. The van der Waals surface area contributed by atoms with Crippen LogP contribution in [0.1, 0.15) is 24.6 Å². The van der Waals surface area contributed by atoms with Crippen molar-refractivity contribution in [2.45, 2.75) is 33.7 Å². The number of carboxylic acid groups (broad SMARTS) is 1. The van der Waals surface area contributed by atoms with Crippen LogP contribution < -0.4 is 10.2 Å². The summed E-state index contributed by atoms with van der Waals surface area (Å²) in [6.45, 7) is 8.58. The van der Waals surface area contributed by atoms with Crippen molar-refractivity contribution in [2.24, 2.45) is 5.92 Å². The van der Waals surface area contributed by atoms with Gasteiger partial charge in [0.1, 0.15) is 16.9 Å². The molecule has 2 N–H and O–H groups in total. The molecule has 1 aliphatic heterocycles. The van der Waals surface area contributed by atoms with Gasteiger partial charge >= 0.3 is 5.97 Å². The Morgan fingerprint density at radius 2 is 2.16 bits per heavy atom. The van der Waals surface area contributed by atoms with Gasteiger partial charge in [0.05, 0.1) is 24.8 Å². The normalized spacial score (nSPS) is 16.2. The zero-order chi connectivity index (χ0) is 22.0. The van der Waals surface area contributed by atoms with Gasteiger partial charge in [0.2, 0.25) is 5.95 Å². The maximum atomic E-state index is 11.4. The van der Waals surface area contributed by atoms with Crippen LogP contribution in [0.3, 0.4) is 0 Å². The van der Waals surface area contributed by atoms with E-state index in [0.29, 0.717) is 56.9 Å². The van der Waals surface area contributed by atoms with E-state index in [1.165, 1.54) is 0 Å². The fourth-order valence-corrected chi connectivity index (χ4v) is 3.71. The van der Waals surface area contributed by atoms with E-state index in [1.54, 1.807) is 6.20 Å². The van der Waals surface area contributed by atoms with Gasteiger partial charge in [-0.3, -0.25) is 9.48 Å². The van der Waals surface area contributed by atoms with Gasteiger partial charge in [-0.1, -0.05) is 6.07 Å². The number of aliphatic carboxylic acids is 1. The van der Waals surface area contributed by atoms with Gasteiger partial charge in [0.15, 0.2) is 5.82 Å². The SMILES string of the molecule is CCOCCn1nc(C)c2nc(N3CC[C@@H](C(=O)O)C3)nc(Nc3ccc(C)cn3)c21. The van der Waals surface area contributed by atoms with Gasteiger partial charge in [-0.25, -0.2) is 9.97 Å². The highest BCUT2D eigenvalue weighted by atomic mass is 16.5. The summed E-state index contributed by atoms with van der Waals surface area (Å²) in [5, 5.41) is 17.3. The smallest absolute Gasteiger partial charge is 0.308 e. The van der Waals surface area contributed by atoms with Gasteiger partial charge < -0.3 is 20.1 Å². The second-order valence-electron chi connectivity index (χ2n) is 7.69. The zero-order valence-corrected chi connectivity index (χ0v) is 18.0. The predicted octanol–water partition coefficient (Wildman–Crippen LogP) is 2.53. The molecule has 10 heteroatoms. The fraction of sp³-hybridized carbons (Fsp3) is 0.476. The highest BCUT2D eigenvalue weighted by Crippen LogP contribution is 2.30. The Kier molecular flexibility index (Phi) is 5.99. The number of hydrogen-bond acceptors (Lipinski definition) is 8. The van der Waals surface area contributed by atoms with Crippen LogP contribution in [0.25, 0.3) is 11.0 Å². The van der Waals surface area contributed by atoms with Crippen molar-refractivity contribution in [3.63, 3.8) is 0 Å². The molecule has 4 rings (SSSR count). The molecule has 3 aromatic rings. The van der Waals surface area contributed by atoms with Crippen molar-refractivity contribution in [3.8, 4) is 0 Å². The molecule has 31 heavy (non-hydrogen) atoms. The van der Waals surface area contributed by atoms with Crippen LogP contribution in [0.4, 0.5) is 17.6 Å². The van der Waals surface area contributed by atoms with Gasteiger partial charge in [0.25, 0.3) is 0 Å². The Morgan fingerprint density at radius 1 is 1.32 bits per heavy atom. The molecule has 0 radical (unpaired) electrons. The molecular formula is C21H27N7O3. The number of anilines is 3. The maximum absolute atomic E-state index is 11.4. The molecule has 1 aliphatic rings. The molecule has 0 unspecified atom stereocenters. The van der Waals surface area contributed by atoms with E-state index >= 15 is 0 Å². The third kappa shape index (κ3) is 4.43. The molecule has 10 nitrogen and oxygen atoms in total. The van der Waals surface area contributed by atoms with E-state index in [2.05, 4.69) is 15.4 Å². The summed E-state index contributed by atoms with van der Waals surface area (Å²) in [6, 6.07) is 3.87. The Morgan fingerprint density at radius 3 is 2.84 bits per heavy atom. The molecular weight excluding hydrogens is 398 g/mol. The van der Waals surface area contributed by atoms with Crippen LogP contribution in [0.15, 0.2) is 18.3 Å². The van der Waals surface area contributed by atoms with Crippen molar-refractivity contribution in [3.05, 3.63) is 29.6 Å². The number of aromatic nitrogens is 5. The maximum Gasteiger partial charge on any atom is 0.308 e. The second-order valence-corrected chi connectivity index (χ2v) is 7.69. The van der Waals surface area contributed by atoms with E-state index in [4.69, 9.17) is 14.7 Å². The van der Waals surface area contributed by atoms with Gasteiger partial charge in [0, 0.05) is 25.9 Å². The molecule has 4 heterocycles. The van der Waals surface area contributed by atoms with Crippen LogP contribution in [0.2, 0.25) is 0 Å². The third-order valence-electron chi connectivity index (χ3n) is 5.37. The van der Waals surface area contributed by atoms with E-state index in [1.807, 2.05) is 42.5 Å². The number of carboxylic acids is 1. The fourth-order valence-electron chi connectivity index (χ4n) is 3.71. The predicted molar refractivity (Wildman–Crippen MR) is 117 cm³/mol. The Hall–Kier alpha value is -3.27. The first-order valence-corrected chi connectivity index (χ1v) is 10.5. The number of nitrogens with one attached hydrogen (secondary N) is 1. The average molecular weight is 425 g/mol. The summed E-state index contributed by atoms with van der Waals surface area (Å²) in [4.78, 5) is 27.3. The van der Waals surface area contributed by atoms with Crippen LogP contribution in [-0.2, 0) is 16.1 Å². The molecule has 0 bridgehead atoms. The molecule has 0 spiro atoms. The van der Waals surface area contributed by atoms with Gasteiger partial charge in [-0.05, 0) is 38.8 Å². The highest BCUT2D eigenvalue weighted by Gasteiger charge is 2.30. The number of fused-ring (bicyclic) bond motifs is 1. The lowest BCUT2D eigenvalue weighted by Gasteiger charge is -2.18. The van der Waals surface area contributed by atoms with E-state index in [9.17, 15) is 9.90 Å². The first kappa shape index (κ1) is 21.0. The minimum Gasteiger partial charge on any atom is -0.481 e. The number of carbonyl (C=O) groups is 1. The molecule has 0 aliphatic carbocycles. The molecule has 1 fully saturated rings. The monoisotopic (exact) mass is 425 g/mol. The number of pyridine rings is 1. The summed E-state index contributed by atoms with van der Waals surface area (Å²) >= 11 is 0. The Labute approximate surface area is 180 Å². The van der Waals surface area contributed by atoms with E-state index in [-0.39, 0.29) is 0 Å². The number of rotatable bonds is 8. The quantitative estimate of drug-likeness (QED) is 0.525. The summed E-state index contributed by atoms with van der Waals surface area (Å²) in [7, 11) is 0. The molecule has 1 saturated heterocycles. The molecule has 1 atom stereocenters. The summed E-state index contributed by atoms with van der Waals surface area (Å²) in [5.41, 5.74) is 3.35.